The van der Waals surface area contributed by atoms with Gasteiger partial charge in [-0.05, 0) is 24.5 Å². The van der Waals surface area contributed by atoms with Crippen molar-refractivity contribution in [2.45, 2.75) is 38.5 Å². The average Bonchev–Trinajstić information content (AvgIpc) is 2.82. The molecule has 0 spiro atoms. The number of carbonyl (C=O) groups is 5. The van der Waals surface area contributed by atoms with E-state index in [-0.39, 0.29) is 36.4 Å². The Morgan fingerprint density at radius 3 is 2.08 bits per heavy atom. The summed E-state index contributed by atoms with van der Waals surface area (Å²) in [4.78, 5) is 56.6. The van der Waals surface area contributed by atoms with Crippen molar-refractivity contribution in [3.05, 3.63) is 35.6 Å². The van der Waals surface area contributed by atoms with Crippen LogP contribution in [0.1, 0.15) is 37.7 Å². The molecule has 2 N–H and O–H groups in total. The maximum absolute atomic E-state index is 13.7. The zero-order valence-corrected chi connectivity index (χ0v) is 20.1. The predicted molar refractivity (Wildman–Crippen MR) is 128 cm³/mol. The van der Waals surface area contributed by atoms with Crippen molar-refractivity contribution in [2.75, 3.05) is 26.7 Å². The first kappa shape index (κ1) is 32.0. The van der Waals surface area contributed by atoms with Gasteiger partial charge in [0.25, 0.3) is 0 Å². The van der Waals surface area contributed by atoms with Gasteiger partial charge >= 0.3 is 17.9 Å². The number of aliphatic carboxylic acids is 2. The molecule has 0 aromatic heterocycles. The topological polar surface area (TPSA) is 138 Å². The minimum Gasteiger partial charge on any atom is -0.473 e. The number of terminal acetylenes is 2. The number of esters is 1. The molecule has 0 fully saturated rings. The summed E-state index contributed by atoms with van der Waals surface area (Å²) in [5.74, 6) is -0.850. The number of unbranched alkanes of at least 4 members (excludes halogenated alkanes) is 1. The molecule has 9 nitrogen and oxygen atoms in total. The normalized spacial score (nSPS) is 10.7. The molecular formula is C26H30FNO8. The third-order valence-corrected chi connectivity index (χ3v) is 4.84. The number of halogens is 1. The summed E-state index contributed by atoms with van der Waals surface area (Å²) in [5, 5.41) is 14.8. The molecule has 1 atom stereocenters. The Labute approximate surface area is 209 Å². The molecule has 1 rings (SSSR count). The Morgan fingerprint density at radius 2 is 1.58 bits per heavy atom. The van der Waals surface area contributed by atoms with Gasteiger partial charge in [-0.1, -0.05) is 36.5 Å². The second-order valence-electron chi connectivity index (χ2n) is 7.67. The Bertz CT molecular complexity index is 964. The van der Waals surface area contributed by atoms with E-state index < -0.39 is 29.6 Å². The minimum absolute atomic E-state index is 0.0753. The molecule has 0 aliphatic carbocycles. The van der Waals surface area contributed by atoms with Crippen LogP contribution in [0.25, 0.3) is 0 Å². The van der Waals surface area contributed by atoms with Crippen LogP contribution in [0.3, 0.4) is 0 Å². The number of ether oxygens (including phenoxy) is 1. The molecule has 0 aliphatic rings. The SMILES string of the molecule is C#CCN(CC#C)CCCC[C@H](CC(=O)CC(=O)Cc1ccccc1F)C(=O)OC.O=C(O)C(=O)O. The summed E-state index contributed by atoms with van der Waals surface area (Å²) in [6.45, 7) is 1.60. The van der Waals surface area contributed by atoms with Gasteiger partial charge in [-0.15, -0.1) is 12.8 Å². The van der Waals surface area contributed by atoms with Gasteiger partial charge in [0.2, 0.25) is 0 Å². The molecule has 0 bridgehead atoms. The van der Waals surface area contributed by atoms with Gasteiger partial charge in [-0.3, -0.25) is 19.3 Å². The average molecular weight is 504 g/mol. The lowest BCUT2D eigenvalue weighted by molar-refractivity contribution is -0.159. The molecule has 0 amide bonds. The van der Waals surface area contributed by atoms with Crippen LogP contribution in [0.15, 0.2) is 24.3 Å². The number of ketones is 2. The Hall–Kier alpha value is -4.02. The number of hydrogen-bond donors (Lipinski definition) is 2. The lowest BCUT2D eigenvalue weighted by Crippen LogP contribution is -2.26. The fourth-order valence-corrected chi connectivity index (χ4v) is 3.15. The molecule has 1 aromatic rings. The molecule has 194 valence electrons. The predicted octanol–water partition coefficient (Wildman–Crippen LogP) is 1.97. The van der Waals surface area contributed by atoms with Crippen LogP contribution in [0.4, 0.5) is 4.39 Å². The first-order chi connectivity index (χ1) is 17.0. The summed E-state index contributed by atoms with van der Waals surface area (Å²) in [7, 11) is 1.27. The standard InChI is InChI=1S/C24H28FNO4.C2H2O4/c1-4-13-26(14-5-2)15-9-8-11-20(24(29)30-3)17-22(28)18-21(27)16-19-10-6-7-12-23(19)25;3-1(4)2(5)6/h1-2,6-7,10,12,20H,8-9,11,13-18H2,3H3;(H,3,4)(H,5,6)/t20-;/m1./s1. The molecule has 10 heteroatoms. The minimum atomic E-state index is -1.82. The zero-order chi connectivity index (χ0) is 27.5. The Balaban J connectivity index is 0.00000181. The molecule has 0 aliphatic heterocycles. The van der Waals surface area contributed by atoms with Crippen LogP contribution in [0.5, 0.6) is 0 Å². The summed E-state index contributed by atoms with van der Waals surface area (Å²) in [6, 6.07) is 5.95. The van der Waals surface area contributed by atoms with Crippen LogP contribution in [-0.2, 0) is 35.1 Å². The van der Waals surface area contributed by atoms with Crippen molar-refractivity contribution in [3.63, 3.8) is 0 Å². The second kappa shape index (κ2) is 18.3. The smallest absolute Gasteiger partial charge is 0.414 e. The number of rotatable bonds is 14. The highest BCUT2D eigenvalue weighted by molar-refractivity contribution is 6.27. The van der Waals surface area contributed by atoms with Gasteiger partial charge in [0, 0.05) is 19.4 Å². The van der Waals surface area contributed by atoms with Gasteiger partial charge in [-0.25, -0.2) is 14.0 Å². The zero-order valence-electron chi connectivity index (χ0n) is 20.1. The number of nitrogens with zero attached hydrogens (tertiary/aromatic N) is 1. The summed E-state index contributed by atoms with van der Waals surface area (Å²) in [6.07, 6.45) is 12.0. The number of carboxylic acid groups (broad SMARTS) is 2. The van der Waals surface area contributed by atoms with Gasteiger partial charge < -0.3 is 14.9 Å². The summed E-state index contributed by atoms with van der Waals surface area (Å²) < 4.78 is 18.4. The quantitative estimate of drug-likeness (QED) is 0.128. The monoisotopic (exact) mass is 503 g/mol. The fourth-order valence-electron chi connectivity index (χ4n) is 3.15. The van der Waals surface area contributed by atoms with Crippen LogP contribution >= 0.6 is 0 Å². The van der Waals surface area contributed by atoms with E-state index in [0.29, 0.717) is 32.5 Å². The summed E-state index contributed by atoms with van der Waals surface area (Å²) >= 11 is 0. The van der Waals surface area contributed by atoms with E-state index in [1.807, 2.05) is 4.90 Å². The lowest BCUT2D eigenvalue weighted by Gasteiger charge is -2.18. The molecule has 0 radical (unpaired) electrons. The first-order valence-electron chi connectivity index (χ1n) is 11.0. The van der Waals surface area contributed by atoms with Crippen molar-refractivity contribution < 1.29 is 43.3 Å². The molecule has 0 heterocycles. The number of hydrogen-bond acceptors (Lipinski definition) is 7. The van der Waals surface area contributed by atoms with Crippen LogP contribution in [-0.4, -0.2) is 71.3 Å². The van der Waals surface area contributed by atoms with Gasteiger partial charge in [0.05, 0.1) is 32.5 Å². The summed E-state index contributed by atoms with van der Waals surface area (Å²) in [5.41, 5.74) is 0.253. The number of benzene rings is 1. The third kappa shape index (κ3) is 14.3. The highest BCUT2D eigenvalue weighted by atomic mass is 19.1. The molecule has 1 aromatic carbocycles. The van der Waals surface area contributed by atoms with Crippen LogP contribution in [0.2, 0.25) is 0 Å². The lowest BCUT2D eigenvalue weighted by atomic mass is 9.93. The Morgan fingerprint density at radius 1 is 1.00 bits per heavy atom. The van der Waals surface area contributed by atoms with Crippen LogP contribution < -0.4 is 0 Å². The largest absolute Gasteiger partial charge is 0.473 e. The van der Waals surface area contributed by atoms with Crippen LogP contribution in [0, 0.1) is 36.4 Å². The van der Waals surface area contributed by atoms with Gasteiger partial charge in [0.15, 0.2) is 0 Å². The maximum Gasteiger partial charge on any atom is 0.414 e. The molecule has 0 unspecified atom stereocenters. The van der Waals surface area contributed by atoms with Crippen molar-refractivity contribution in [3.8, 4) is 24.7 Å². The molecule has 36 heavy (non-hydrogen) atoms. The highest BCUT2D eigenvalue weighted by Gasteiger charge is 2.24. The Kier molecular flexibility index (Phi) is 16.3. The second-order valence-corrected chi connectivity index (χ2v) is 7.67. The van der Waals surface area contributed by atoms with E-state index in [0.717, 1.165) is 6.42 Å². The molecule has 0 saturated carbocycles. The van der Waals surface area contributed by atoms with E-state index in [1.54, 1.807) is 6.07 Å². The molecular weight excluding hydrogens is 473 g/mol. The first-order valence-corrected chi connectivity index (χ1v) is 11.0. The van der Waals surface area contributed by atoms with E-state index in [1.165, 1.54) is 25.3 Å². The van der Waals surface area contributed by atoms with Crippen molar-refractivity contribution >= 4 is 29.5 Å². The van der Waals surface area contributed by atoms with E-state index in [4.69, 9.17) is 37.4 Å². The van der Waals surface area contributed by atoms with Crippen molar-refractivity contribution in [1.82, 2.24) is 4.90 Å². The van der Waals surface area contributed by atoms with Crippen molar-refractivity contribution in [2.24, 2.45) is 5.92 Å². The third-order valence-electron chi connectivity index (χ3n) is 4.84. The van der Waals surface area contributed by atoms with Gasteiger partial charge in [-0.2, -0.15) is 0 Å². The highest BCUT2D eigenvalue weighted by Crippen LogP contribution is 2.17. The van der Waals surface area contributed by atoms with Crippen molar-refractivity contribution in [1.29, 1.82) is 0 Å². The number of carboxylic acids is 2. The maximum atomic E-state index is 13.7. The van der Waals surface area contributed by atoms with E-state index in [2.05, 4.69) is 11.8 Å². The number of Topliss-reactive ketones (excluding diaryl/α,β-unsaturated/α-hetero) is 2. The fraction of sp³-hybridized carbons (Fsp3) is 0.423. The number of methoxy groups -OCH3 is 1. The molecule has 0 saturated heterocycles. The number of carbonyl (C=O) groups excluding carboxylic acids is 3. The van der Waals surface area contributed by atoms with E-state index in [9.17, 15) is 18.8 Å². The van der Waals surface area contributed by atoms with E-state index >= 15 is 0 Å². The van der Waals surface area contributed by atoms with Gasteiger partial charge in [0.1, 0.15) is 17.4 Å².